The van der Waals surface area contributed by atoms with Crippen molar-refractivity contribution in [2.75, 3.05) is 11.1 Å². The van der Waals surface area contributed by atoms with Crippen molar-refractivity contribution in [3.8, 4) is 0 Å². The van der Waals surface area contributed by atoms with Crippen molar-refractivity contribution < 1.29 is 9.21 Å². The number of carbonyl (C=O) groups excluding carboxylic acids is 1. The molecule has 2 rings (SSSR count). The summed E-state index contributed by atoms with van der Waals surface area (Å²) in [4.78, 5) is 19.1. The number of aromatic nitrogens is 4. The second-order valence-electron chi connectivity index (χ2n) is 2.91. The Morgan fingerprint density at radius 3 is 2.88 bits per heavy atom. The monoisotopic (exact) mass is 220 g/mol. The number of hydrogen-bond acceptors (Lipinski definition) is 7. The fourth-order valence-electron chi connectivity index (χ4n) is 0.999. The van der Waals surface area contributed by atoms with E-state index in [0.29, 0.717) is 5.89 Å². The Hall–Kier alpha value is -2.51. The Morgan fingerprint density at radius 2 is 2.25 bits per heavy atom. The van der Waals surface area contributed by atoms with Crippen molar-refractivity contribution in [2.24, 2.45) is 0 Å². The van der Waals surface area contributed by atoms with Crippen LogP contribution in [0, 0.1) is 6.92 Å². The maximum atomic E-state index is 11.6. The summed E-state index contributed by atoms with van der Waals surface area (Å²) in [7, 11) is 0. The van der Waals surface area contributed by atoms with Crippen LogP contribution in [-0.4, -0.2) is 26.1 Å². The number of nitrogens with two attached hydrogens (primary N) is 1. The summed E-state index contributed by atoms with van der Waals surface area (Å²) < 4.78 is 4.97. The zero-order chi connectivity index (χ0) is 11.5. The summed E-state index contributed by atoms with van der Waals surface area (Å²) in [5, 5.41) is 9.53. The number of nitrogens with one attached hydrogen (secondary N) is 1. The van der Waals surface area contributed by atoms with Crippen LogP contribution >= 0.6 is 0 Å². The van der Waals surface area contributed by atoms with Crippen LogP contribution in [0.15, 0.2) is 16.8 Å². The van der Waals surface area contributed by atoms with Gasteiger partial charge in [-0.25, -0.2) is 4.98 Å². The molecule has 0 saturated heterocycles. The Labute approximate surface area is 89.9 Å². The van der Waals surface area contributed by atoms with E-state index in [-0.39, 0.29) is 17.5 Å². The summed E-state index contributed by atoms with van der Waals surface area (Å²) in [6, 6.07) is 0.00623. The van der Waals surface area contributed by atoms with Crippen molar-refractivity contribution in [3.05, 3.63) is 24.0 Å². The van der Waals surface area contributed by atoms with Gasteiger partial charge < -0.3 is 10.2 Å². The van der Waals surface area contributed by atoms with Gasteiger partial charge in [-0.05, 0) is 0 Å². The van der Waals surface area contributed by atoms with Crippen LogP contribution in [0.2, 0.25) is 0 Å². The molecular weight excluding hydrogens is 212 g/mol. The molecule has 0 aliphatic carbocycles. The lowest BCUT2D eigenvalue weighted by Gasteiger charge is -1.99. The molecule has 2 aromatic rings. The summed E-state index contributed by atoms with van der Waals surface area (Å²) in [6.45, 7) is 1.61. The Balaban J connectivity index is 2.14. The molecule has 0 spiro atoms. The van der Waals surface area contributed by atoms with E-state index in [2.05, 4.69) is 25.5 Å². The molecular formula is C8H8N6O2. The molecule has 0 atom stereocenters. The smallest absolute Gasteiger partial charge is 0.322 e. The Kier molecular flexibility index (Phi) is 2.46. The maximum absolute atomic E-state index is 11.6. The second-order valence-corrected chi connectivity index (χ2v) is 2.91. The average molecular weight is 220 g/mol. The van der Waals surface area contributed by atoms with E-state index < -0.39 is 5.91 Å². The first-order valence-electron chi connectivity index (χ1n) is 4.34. The van der Waals surface area contributed by atoms with Gasteiger partial charge in [0.1, 0.15) is 11.5 Å². The summed E-state index contributed by atoms with van der Waals surface area (Å²) in [5.41, 5.74) is 5.47. The predicted molar refractivity (Wildman–Crippen MR) is 53.4 cm³/mol. The van der Waals surface area contributed by atoms with Crippen molar-refractivity contribution in [1.29, 1.82) is 0 Å². The molecule has 0 unspecified atom stereocenters. The van der Waals surface area contributed by atoms with Gasteiger partial charge in [0.2, 0.25) is 5.89 Å². The van der Waals surface area contributed by atoms with E-state index in [4.69, 9.17) is 10.2 Å². The van der Waals surface area contributed by atoms with Gasteiger partial charge in [0, 0.05) is 6.92 Å². The lowest BCUT2D eigenvalue weighted by Crippen LogP contribution is -2.15. The van der Waals surface area contributed by atoms with Crippen LogP contribution in [0.3, 0.4) is 0 Å². The van der Waals surface area contributed by atoms with Gasteiger partial charge in [0.25, 0.3) is 5.91 Å². The third-order valence-corrected chi connectivity index (χ3v) is 1.63. The van der Waals surface area contributed by atoms with Crippen molar-refractivity contribution in [1.82, 2.24) is 20.2 Å². The summed E-state index contributed by atoms with van der Waals surface area (Å²) in [5.74, 6) is 0.00627. The Morgan fingerprint density at radius 1 is 1.44 bits per heavy atom. The van der Waals surface area contributed by atoms with Crippen molar-refractivity contribution >= 4 is 17.7 Å². The zero-order valence-electron chi connectivity index (χ0n) is 8.34. The lowest BCUT2D eigenvalue weighted by atomic mass is 10.4. The summed E-state index contributed by atoms with van der Waals surface area (Å²) >= 11 is 0. The molecule has 0 radical (unpaired) electrons. The van der Waals surface area contributed by atoms with Crippen molar-refractivity contribution in [3.63, 3.8) is 0 Å². The van der Waals surface area contributed by atoms with Crippen LogP contribution in [0.25, 0.3) is 0 Å². The highest BCUT2D eigenvalue weighted by atomic mass is 16.4. The molecule has 1 amide bonds. The average Bonchev–Trinajstić information content (AvgIpc) is 2.64. The number of anilines is 2. The number of hydrogen-bond donors (Lipinski definition) is 2. The fourth-order valence-corrected chi connectivity index (χ4v) is 0.999. The third-order valence-electron chi connectivity index (χ3n) is 1.63. The largest absolute Gasteiger partial charge is 0.408 e. The van der Waals surface area contributed by atoms with E-state index in [1.54, 1.807) is 6.92 Å². The van der Waals surface area contributed by atoms with Gasteiger partial charge in [0.05, 0.1) is 12.4 Å². The van der Waals surface area contributed by atoms with E-state index >= 15 is 0 Å². The minimum atomic E-state index is -0.511. The maximum Gasteiger partial charge on any atom is 0.322 e. The van der Waals surface area contributed by atoms with E-state index in [9.17, 15) is 4.79 Å². The van der Waals surface area contributed by atoms with Crippen LogP contribution in [0.4, 0.5) is 11.8 Å². The number of aryl methyl sites for hydroxylation is 1. The molecule has 0 aliphatic rings. The topological polar surface area (TPSA) is 120 Å². The molecule has 2 aromatic heterocycles. The van der Waals surface area contributed by atoms with Gasteiger partial charge in [-0.2, -0.15) is 0 Å². The second kappa shape index (κ2) is 3.93. The van der Waals surface area contributed by atoms with Crippen LogP contribution in [-0.2, 0) is 0 Å². The van der Waals surface area contributed by atoms with E-state index in [1.165, 1.54) is 12.4 Å². The number of rotatable bonds is 2. The molecule has 0 bridgehead atoms. The highest BCUT2D eigenvalue weighted by Crippen LogP contribution is 2.06. The van der Waals surface area contributed by atoms with E-state index in [0.717, 1.165) is 0 Å². The third kappa shape index (κ3) is 2.11. The first kappa shape index (κ1) is 10.0. The Bertz CT molecular complexity index is 523. The van der Waals surface area contributed by atoms with Gasteiger partial charge in [-0.1, -0.05) is 5.10 Å². The highest BCUT2D eigenvalue weighted by Gasteiger charge is 2.11. The molecule has 3 N–H and O–H groups in total. The first-order chi connectivity index (χ1) is 7.65. The SMILES string of the molecule is Cc1nnc(NC(=O)c2cncc(N)n2)o1. The zero-order valence-corrected chi connectivity index (χ0v) is 8.34. The van der Waals surface area contributed by atoms with Crippen LogP contribution in [0.5, 0.6) is 0 Å². The van der Waals surface area contributed by atoms with Crippen molar-refractivity contribution in [2.45, 2.75) is 6.92 Å². The molecule has 2 heterocycles. The molecule has 8 heteroatoms. The summed E-state index contributed by atoms with van der Waals surface area (Å²) in [6.07, 6.45) is 2.63. The first-order valence-corrected chi connectivity index (χ1v) is 4.34. The standard InChI is InChI=1S/C8H8N6O2/c1-4-13-14-8(16-4)12-7(15)5-2-10-3-6(9)11-5/h2-3H,1H3,(H2,9,11)(H,12,14,15). The molecule has 0 aromatic carbocycles. The normalized spacial score (nSPS) is 10.1. The molecule has 8 nitrogen and oxygen atoms in total. The predicted octanol–water partition coefficient (Wildman–Crippen LogP) is 0.00252. The lowest BCUT2D eigenvalue weighted by molar-refractivity contribution is 0.101. The van der Waals surface area contributed by atoms with E-state index in [1.807, 2.05) is 0 Å². The number of nitrogen functional groups attached to an aromatic ring is 1. The minimum Gasteiger partial charge on any atom is -0.408 e. The minimum absolute atomic E-state index is 0.00623. The molecule has 0 aliphatic heterocycles. The number of nitrogens with zero attached hydrogens (tertiary/aromatic N) is 4. The number of carbonyl (C=O) groups is 1. The molecule has 16 heavy (non-hydrogen) atoms. The van der Waals surface area contributed by atoms with Crippen LogP contribution < -0.4 is 11.1 Å². The van der Waals surface area contributed by atoms with Gasteiger partial charge in [0.15, 0.2) is 0 Å². The number of amides is 1. The quantitative estimate of drug-likeness (QED) is 0.730. The molecule has 82 valence electrons. The van der Waals surface area contributed by atoms with Gasteiger partial charge in [-0.3, -0.25) is 15.1 Å². The highest BCUT2D eigenvalue weighted by molar-refractivity contribution is 6.01. The molecule has 0 saturated carbocycles. The van der Waals surface area contributed by atoms with Gasteiger partial charge >= 0.3 is 6.01 Å². The molecule has 0 fully saturated rings. The van der Waals surface area contributed by atoms with Gasteiger partial charge in [-0.15, -0.1) is 5.10 Å². The van der Waals surface area contributed by atoms with Crippen LogP contribution in [0.1, 0.15) is 16.4 Å². The fraction of sp³-hybridized carbons (Fsp3) is 0.125.